The maximum absolute atomic E-state index is 13.4. The lowest BCUT2D eigenvalue weighted by Gasteiger charge is -2.28. The molecule has 3 aliphatic heterocycles. The average Bonchev–Trinajstić information content (AvgIpc) is 3.59. The molecule has 2 aromatic carbocycles. The van der Waals surface area contributed by atoms with Gasteiger partial charge in [0, 0.05) is 6.54 Å². The molecule has 0 saturated carbocycles. The summed E-state index contributed by atoms with van der Waals surface area (Å²) in [7, 11) is 0. The second-order valence-corrected chi connectivity index (χ2v) is 9.93. The summed E-state index contributed by atoms with van der Waals surface area (Å²) in [5, 5.41) is 2.85. The highest BCUT2D eigenvalue weighted by Crippen LogP contribution is 2.38. The number of benzene rings is 2. The van der Waals surface area contributed by atoms with Crippen LogP contribution in [0.5, 0.6) is 11.5 Å². The molecule has 3 heterocycles. The molecule has 0 radical (unpaired) electrons. The van der Waals surface area contributed by atoms with Crippen molar-refractivity contribution in [3.8, 4) is 11.5 Å². The fourth-order valence-corrected chi connectivity index (χ4v) is 5.82. The molecule has 0 aromatic heterocycles. The molecule has 0 spiro atoms. The van der Waals surface area contributed by atoms with Gasteiger partial charge in [-0.15, -0.1) is 0 Å². The molecule has 4 amide bonds. The van der Waals surface area contributed by atoms with Crippen LogP contribution < -0.4 is 14.8 Å². The molecule has 8 heteroatoms. The molecule has 8 nitrogen and oxygen atoms in total. The molecule has 2 aromatic rings. The van der Waals surface area contributed by atoms with Crippen LogP contribution >= 0.6 is 0 Å². The van der Waals surface area contributed by atoms with E-state index < -0.39 is 11.6 Å². The number of ether oxygens (including phenoxy) is 2. The standard InChI is InChI=1S/C27H29N3O5/c1-27(20-9-7-17-4-2-5-18(17)14-20)25(32)30(26(33)28-27)16-24(31)29-11-3-6-21(29)19-8-10-22-23(15-19)35-13-12-34-22/h7-10,14-15,21H,2-6,11-13,16H2,1H3,(H,28,33). The smallest absolute Gasteiger partial charge is 0.325 e. The van der Waals surface area contributed by atoms with Gasteiger partial charge in [-0.2, -0.15) is 0 Å². The second-order valence-electron chi connectivity index (χ2n) is 9.93. The minimum Gasteiger partial charge on any atom is -0.486 e. The Kier molecular flexibility index (Phi) is 5.20. The first-order valence-electron chi connectivity index (χ1n) is 12.4. The van der Waals surface area contributed by atoms with Crippen LogP contribution in [0.2, 0.25) is 0 Å². The van der Waals surface area contributed by atoms with Crippen molar-refractivity contribution < 1.29 is 23.9 Å². The number of carbonyl (C=O) groups excluding carboxylic acids is 3. The quantitative estimate of drug-likeness (QED) is 0.687. The molecular weight excluding hydrogens is 446 g/mol. The average molecular weight is 476 g/mol. The van der Waals surface area contributed by atoms with Crippen molar-refractivity contribution >= 4 is 17.8 Å². The topological polar surface area (TPSA) is 88.2 Å². The molecule has 35 heavy (non-hydrogen) atoms. The van der Waals surface area contributed by atoms with E-state index in [-0.39, 0.29) is 24.4 Å². The van der Waals surface area contributed by atoms with Gasteiger partial charge in [0.1, 0.15) is 25.3 Å². The normalized spacial score (nSPS) is 25.1. The second kappa shape index (κ2) is 8.29. The van der Waals surface area contributed by atoms with Gasteiger partial charge in [0.05, 0.1) is 6.04 Å². The molecule has 2 saturated heterocycles. The Morgan fingerprint density at radius 2 is 1.83 bits per heavy atom. The van der Waals surface area contributed by atoms with Crippen LogP contribution in [0.1, 0.15) is 54.5 Å². The van der Waals surface area contributed by atoms with Crippen molar-refractivity contribution in [1.29, 1.82) is 0 Å². The zero-order chi connectivity index (χ0) is 24.2. The lowest BCUT2D eigenvalue weighted by molar-refractivity contribution is -0.139. The van der Waals surface area contributed by atoms with E-state index in [1.165, 1.54) is 11.1 Å². The molecule has 0 bridgehead atoms. The van der Waals surface area contributed by atoms with E-state index in [0.717, 1.165) is 48.1 Å². The SMILES string of the molecule is CC1(c2ccc3c(c2)CCC3)NC(=O)N(CC(=O)N2CCCC2c2ccc3c(c2)OCCO3)C1=O. The van der Waals surface area contributed by atoms with Crippen LogP contribution in [0.4, 0.5) is 4.79 Å². The van der Waals surface area contributed by atoms with Crippen molar-refractivity contribution in [1.82, 2.24) is 15.1 Å². The molecule has 1 aliphatic carbocycles. The fraction of sp³-hybridized carbons (Fsp3) is 0.444. The zero-order valence-corrected chi connectivity index (χ0v) is 19.8. The van der Waals surface area contributed by atoms with Crippen molar-refractivity contribution in [2.45, 2.75) is 50.6 Å². The summed E-state index contributed by atoms with van der Waals surface area (Å²) < 4.78 is 11.3. The number of nitrogens with one attached hydrogen (secondary N) is 1. The summed E-state index contributed by atoms with van der Waals surface area (Å²) in [6, 6.07) is 11.1. The number of imide groups is 1. The van der Waals surface area contributed by atoms with Crippen LogP contribution in [0.25, 0.3) is 0 Å². The number of fused-ring (bicyclic) bond motifs is 2. The van der Waals surface area contributed by atoms with Crippen molar-refractivity contribution in [3.63, 3.8) is 0 Å². The highest BCUT2D eigenvalue weighted by Gasteiger charge is 2.50. The van der Waals surface area contributed by atoms with Gasteiger partial charge in [0.15, 0.2) is 11.5 Å². The van der Waals surface area contributed by atoms with Crippen LogP contribution in [0, 0.1) is 0 Å². The number of urea groups is 1. The number of likely N-dealkylation sites (tertiary alicyclic amines) is 1. The van der Waals surface area contributed by atoms with Gasteiger partial charge in [0.25, 0.3) is 5.91 Å². The zero-order valence-electron chi connectivity index (χ0n) is 19.8. The molecule has 6 rings (SSSR count). The van der Waals surface area contributed by atoms with Gasteiger partial charge < -0.3 is 19.7 Å². The van der Waals surface area contributed by atoms with E-state index in [1.54, 1.807) is 11.8 Å². The fourth-order valence-electron chi connectivity index (χ4n) is 5.82. The highest BCUT2D eigenvalue weighted by molar-refractivity contribution is 6.09. The van der Waals surface area contributed by atoms with Crippen molar-refractivity contribution in [2.75, 3.05) is 26.3 Å². The van der Waals surface area contributed by atoms with E-state index >= 15 is 0 Å². The van der Waals surface area contributed by atoms with E-state index in [9.17, 15) is 14.4 Å². The van der Waals surface area contributed by atoms with Gasteiger partial charge in [-0.1, -0.05) is 24.3 Å². The number of hydrogen-bond donors (Lipinski definition) is 1. The van der Waals surface area contributed by atoms with Crippen LogP contribution in [0.15, 0.2) is 36.4 Å². The Morgan fingerprint density at radius 3 is 2.69 bits per heavy atom. The molecule has 2 fully saturated rings. The molecule has 2 unspecified atom stereocenters. The Labute approximate surface area is 204 Å². The van der Waals surface area contributed by atoms with Gasteiger partial charge >= 0.3 is 6.03 Å². The Hall–Kier alpha value is -3.55. The maximum Gasteiger partial charge on any atom is 0.325 e. The van der Waals surface area contributed by atoms with E-state index in [2.05, 4.69) is 11.4 Å². The van der Waals surface area contributed by atoms with Crippen LogP contribution in [-0.2, 0) is 28.0 Å². The number of amides is 4. The predicted molar refractivity (Wildman–Crippen MR) is 127 cm³/mol. The minimum absolute atomic E-state index is 0.123. The lowest BCUT2D eigenvalue weighted by Crippen LogP contribution is -2.44. The Morgan fingerprint density at radius 1 is 1.03 bits per heavy atom. The first-order chi connectivity index (χ1) is 16.9. The third kappa shape index (κ3) is 3.63. The van der Waals surface area contributed by atoms with Crippen molar-refractivity contribution in [2.24, 2.45) is 0 Å². The molecule has 1 N–H and O–H groups in total. The Balaban J connectivity index is 1.20. The molecule has 182 valence electrons. The number of nitrogens with zero attached hydrogens (tertiary/aromatic N) is 2. The lowest BCUT2D eigenvalue weighted by atomic mass is 9.89. The minimum atomic E-state index is -1.17. The summed E-state index contributed by atoms with van der Waals surface area (Å²) in [5.74, 6) is 0.779. The summed E-state index contributed by atoms with van der Waals surface area (Å²) in [4.78, 5) is 42.5. The van der Waals surface area contributed by atoms with Gasteiger partial charge in [-0.25, -0.2) is 4.79 Å². The van der Waals surface area contributed by atoms with Crippen LogP contribution in [0.3, 0.4) is 0 Å². The third-order valence-corrected chi connectivity index (χ3v) is 7.77. The first-order valence-corrected chi connectivity index (χ1v) is 12.4. The van der Waals surface area contributed by atoms with Crippen molar-refractivity contribution in [3.05, 3.63) is 58.7 Å². The summed E-state index contributed by atoms with van der Waals surface area (Å²) in [5.41, 5.74) is 3.11. The number of carbonyl (C=O) groups is 3. The monoisotopic (exact) mass is 475 g/mol. The summed E-state index contributed by atoms with van der Waals surface area (Å²) >= 11 is 0. The number of aryl methyl sites for hydroxylation is 2. The largest absolute Gasteiger partial charge is 0.486 e. The van der Waals surface area contributed by atoms with Crippen LogP contribution in [-0.4, -0.2) is 53.9 Å². The predicted octanol–water partition coefficient (Wildman–Crippen LogP) is 3.08. The molecular formula is C27H29N3O5. The molecule has 2 atom stereocenters. The number of hydrogen-bond acceptors (Lipinski definition) is 5. The van der Waals surface area contributed by atoms with E-state index in [1.807, 2.05) is 30.3 Å². The summed E-state index contributed by atoms with van der Waals surface area (Å²) in [6.07, 6.45) is 4.82. The first kappa shape index (κ1) is 21.9. The number of rotatable bonds is 4. The van der Waals surface area contributed by atoms with Gasteiger partial charge in [-0.3, -0.25) is 14.5 Å². The van der Waals surface area contributed by atoms with Gasteiger partial charge in [0.2, 0.25) is 5.91 Å². The van der Waals surface area contributed by atoms with E-state index in [4.69, 9.17) is 9.47 Å². The van der Waals surface area contributed by atoms with Gasteiger partial charge in [-0.05, 0) is 73.4 Å². The summed E-state index contributed by atoms with van der Waals surface area (Å²) in [6.45, 7) is 3.06. The Bertz CT molecular complexity index is 1230. The van der Waals surface area contributed by atoms with E-state index in [0.29, 0.717) is 31.3 Å². The molecule has 4 aliphatic rings. The highest BCUT2D eigenvalue weighted by atomic mass is 16.6. The maximum atomic E-state index is 13.4. The third-order valence-electron chi connectivity index (χ3n) is 7.77.